The number of benzene rings is 2. The van der Waals surface area contributed by atoms with Crippen molar-refractivity contribution in [1.29, 1.82) is 0 Å². The minimum absolute atomic E-state index is 0.168. The second-order valence-corrected chi connectivity index (χ2v) is 4.36. The van der Waals surface area contributed by atoms with Crippen LogP contribution in [0.15, 0.2) is 36.4 Å². The van der Waals surface area contributed by atoms with Crippen molar-refractivity contribution in [2.75, 3.05) is 0 Å². The number of hydrogen-bond acceptors (Lipinski definition) is 3. The quantitative estimate of drug-likeness (QED) is 0.690. The summed E-state index contributed by atoms with van der Waals surface area (Å²) in [7, 11) is 0. The normalized spacial score (nSPS) is 10.3. The zero-order valence-electron chi connectivity index (χ0n) is 9.84. The Bertz CT molecular complexity index is 685. The molecule has 0 unspecified atom stereocenters. The minimum Gasteiger partial charge on any atom is -0.478 e. The van der Waals surface area contributed by atoms with Crippen molar-refractivity contribution in [2.45, 2.75) is 0 Å². The summed E-state index contributed by atoms with van der Waals surface area (Å²) in [6.45, 7) is 0. The van der Waals surface area contributed by atoms with Crippen LogP contribution in [0.3, 0.4) is 0 Å². The van der Waals surface area contributed by atoms with Gasteiger partial charge in [-0.25, -0.2) is 9.18 Å². The first-order valence-corrected chi connectivity index (χ1v) is 5.74. The lowest BCUT2D eigenvalue weighted by Gasteiger charge is -2.06. The van der Waals surface area contributed by atoms with Crippen LogP contribution in [0.4, 0.5) is 10.1 Å². The van der Waals surface area contributed by atoms with Gasteiger partial charge in [0.1, 0.15) is 5.82 Å². The fourth-order valence-corrected chi connectivity index (χ4v) is 1.94. The Balaban J connectivity index is 2.69. The molecule has 0 amide bonds. The van der Waals surface area contributed by atoms with Crippen molar-refractivity contribution in [1.82, 2.24) is 0 Å². The van der Waals surface area contributed by atoms with Crippen LogP contribution >= 0.6 is 11.6 Å². The zero-order chi connectivity index (χ0) is 14.9. The van der Waals surface area contributed by atoms with E-state index in [1.807, 2.05) is 0 Å². The molecule has 0 heterocycles. The van der Waals surface area contributed by atoms with E-state index in [1.165, 1.54) is 12.1 Å². The monoisotopic (exact) mass is 295 g/mol. The molecule has 0 radical (unpaired) electrons. The molecule has 2 aromatic carbocycles. The number of aromatic carboxylic acids is 1. The van der Waals surface area contributed by atoms with Gasteiger partial charge in [0.15, 0.2) is 0 Å². The van der Waals surface area contributed by atoms with Gasteiger partial charge in [-0.15, -0.1) is 0 Å². The molecule has 5 nitrogen and oxygen atoms in total. The van der Waals surface area contributed by atoms with E-state index < -0.39 is 22.4 Å². The van der Waals surface area contributed by atoms with Crippen LogP contribution in [0.25, 0.3) is 11.1 Å². The molecule has 102 valence electrons. The van der Waals surface area contributed by atoms with Gasteiger partial charge in [0, 0.05) is 22.7 Å². The number of nitro groups is 1. The minimum atomic E-state index is -1.32. The van der Waals surface area contributed by atoms with Crippen molar-refractivity contribution in [2.24, 2.45) is 0 Å². The standard InChI is InChI=1S/C13H7ClFNO4/c14-12-2-1-9(15)6-11(12)7-3-8(13(17)18)5-10(4-7)16(19)20/h1-6H,(H,17,18). The number of nitrogens with zero attached hydrogens (tertiary/aromatic N) is 1. The Labute approximate surface area is 117 Å². The molecule has 2 aromatic rings. The molecule has 0 atom stereocenters. The predicted molar refractivity (Wildman–Crippen MR) is 70.5 cm³/mol. The van der Waals surface area contributed by atoms with Crippen molar-refractivity contribution in [3.05, 3.63) is 62.9 Å². The molecular weight excluding hydrogens is 289 g/mol. The largest absolute Gasteiger partial charge is 0.478 e. The second kappa shape index (κ2) is 5.26. The summed E-state index contributed by atoms with van der Waals surface area (Å²) in [6, 6.07) is 6.81. The Kier molecular flexibility index (Phi) is 3.67. The van der Waals surface area contributed by atoms with Crippen LogP contribution < -0.4 is 0 Å². The van der Waals surface area contributed by atoms with Gasteiger partial charge in [0.2, 0.25) is 0 Å². The molecule has 1 N–H and O–H groups in total. The topological polar surface area (TPSA) is 80.4 Å². The summed E-state index contributed by atoms with van der Waals surface area (Å²) in [5, 5.41) is 19.9. The number of non-ortho nitro benzene ring substituents is 1. The molecule has 0 aromatic heterocycles. The number of halogens is 2. The maximum Gasteiger partial charge on any atom is 0.335 e. The average molecular weight is 296 g/mol. The van der Waals surface area contributed by atoms with Crippen molar-refractivity contribution in [3.63, 3.8) is 0 Å². The Morgan fingerprint density at radius 1 is 1.25 bits per heavy atom. The van der Waals surface area contributed by atoms with E-state index in [9.17, 15) is 19.3 Å². The molecular formula is C13H7ClFNO4. The third-order valence-electron chi connectivity index (χ3n) is 2.61. The summed E-state index contributed by atoms with van der Waals surface area (Å²) in [5.74, 6) is -1.89. The van der Waals surface area contributed by atoms with Gasteiger partial charge in [-0.05, 0) is 29.8 Å². The lowest BCUT2D eigenvalue weighted by atomic mass is 10.0. The van der Waals surface area contributed by atoms with Crippen LogP contribution in [-0.2, 0) is 0 Å². The van der Waals surface area contributed by atoms with E-state index in [0.29, 0.717) is 0 Å². The second-order valence-electron chi connectivity index (χ2n) is 3.95. The van der Waals surface area contributed by atoms with E-state index in [2.05, 4.69) is 0 Å². The zero-order valence-corrected chi connectivity index (χ0v) is 10.6. The molecule has 0 fully saturated rings. The van der Waals surface area contributed by atoms with Gasteiger partial charge in [0.25, 0.3) is 5.69 Å². The highest BCUT2D eigenvalue weighted by Gasteiger charge is 2.16. The highest BCUT2D eigenvalue weighted by Crippen LogP contribution is 2.32. The molecule has 2 rings (SSSR count). The van der Waals surface area contributed by atoms with Crippen molar-refractivity contribution in [3.8, 4) is 11.1 Å². The van der Waals surface area contributed by atoms with E-state index in [4.69, 9.17) is 16.7 Å². The molecule has 0 bridgehead atoms. The molecule has 20 heavy (non-hydrogen) atoms. The SMILES string of the molecule is O=C(O)c1cc(-c2cc(F)ccc2Cl)cc([N+](=O)[O-])c1. The van der Waals surface area contributed by atoms with Gasteiger partial charge >= 0.3 is 5.97 Å². The molecule has 0 aliphatic heterocycles. The lowest BCUT2D eigenvalue weighted by Crippen LogP contribution is -1.99. The van der Waals surface area contributed by atoms with Gasteiger partial charge in [-0.2, -0.15) is 0 Å². The number of carboxylic acids is 1. The molecule has 0 saturated carbocycles. The van der Waals surface area contributed by atoms with Crippen molar-refractivity contribution < 1.29 is 19.2 Å². The molecule has 0 saturated heterocycles. The smallest absolute Gasteiger partial charge is 0.335 e. The van der Waals surface area contributed by atoms with Gasteiger partial charge in [-0.3, -0.25) is 10.1 Å². The molecule has 0 aliphatic carbocycles. The third-order valence-corrected chi connectivity index (χ3v) is 2.94. The van der Waals surface area contributed by atoms with E-state index in [1.54, 1.807) is 0 Å². The number of rotatable bonds is 3. The van der Waals surface area contributed by atoms with E-state index in [0.717, 1.165) is 24.3 Å². The first kappa shape index (κ1) is 14.0. The molecule has 0 aliphatic rings. The highest BCUT2D eigenvalue weighted by molar-refractivity contribution is 6.33. The number of nitro benzene ring substituents is 1. The first-order chi connectivity index (χ1) is 9.38. The fourth-order valence-electron chi connectivity index (χ4n) is 1.71. The van der Waals surface area contributed by atoms with Crippen molar-refractivity contribution >= 4 is 23.3 Å². The first-order valence-electron chi connectivity index (χ1n) is 5.36. The summed E-state index contributed by atoms with van der Waals surface area (Å²) >= 11 is 5.91. The lowest BCUT2D eigenvalue weighted by molar-refractivity contribution is -0.384. The van der Waals surface area contributed by atoms with Crippen LogP contribution in [-0.4, -0.2) is 16.0 Å². The van der Waals surface area contributed by atoms with E-state index in [-0.39, 0.29) is 21.7 Å². The Morgan fingerprint density at radius 2 is 1.95 bits per heavy atom. The highest BCUT2D eigenvalue weighted by atomic mass is 35.5. The summed E-state index contributed by atoms with van der Waals surface area (Å²) in [6.07, 6.45) is 0. The maximum atomic E-state index is 13.2. The number of carboxylic acid groups (broad SMARTS) is 1. The van der Waals surface area contributed by atoms with Crippen LogP contribution in [0.1, 0.15) is 10.4 Å². The molecule has 0 spiro atoms. The van der Waals surface area contributed by atoms with E-state index >= 15 is 0 Å². The third kappa shape index (κ3) is 2.75. The average Bonchev–Trinajstić information content (AvgIpc) is 2.40. The summed E-state index contributed by atoms with van der Waals surface area (Å²) in [5.41, 5.74) is -0.311. The van der Waals surface area contributed by atoms with Crippen LogP contribution in [0.5, 0.6) is 0 Å². The van der Waals surface area contributed by atoms with Gasteiger partial charge in [0.05, 0.1) is 10.5 Å². The molecule has 7 heteroatoms. The fraction of sp³-hybridized carbons (Fsp3) is 0. The van der Waals surface area contributed by atoms with Crippen LogP contribution in [0, 0.1) is 15.9 Å². The Morgan fingerprint density at radius 3 is 2.55 bits per heavy atom. The number of carbonyl (C=O) groups is 1. The summed E-state index contributed by atoms with van der Waals surface area (Å²) < 4.78 is 13.2. The number of hydrogen-bond donors (Lipinski definition) is 1. The Hall–Kier alpha value is -2.47. The predicted octanol–water partition coefficient (Wildman–Crippen LogP) is 3.75. The van der Waals surface area contributed by atoms with Gasteiger partial charge < -0.3 is 5.11 Å². The van der Waals surface area contributed by atoms with Gasteiger partial charge in [-0.1, -0.05) is 11.6 Å². The maximum absolute atomic E-state index is 13.2. The summed E-state index contributed by atoms with van der Waals surface area (Å²) in [4.78, 5) is 21.1. The van der Waals surface area contributed by atoms with Crippen LogP contribution in [0.2, 0.25) is 5.02 Å².